The Labute approximate surface area is 170 Å². The molecule has 1 saturated carbocycles. The third kappa shape index (κ3) is 5.22. The second-order valence-electron chi connectivity index (χ2n) is 7.77. The van der Waals surface area contributed by atoms with Crippen molar-refractivity contribution in [3.63, 3.8) is 0 Å². The summed E-state index contributed by atoms with van der Waals surface area (Å²) in [6.45, 7) is 4.62. The van der Waals surface area contributed by atoms with Crippen LogP contribution in [0, 0.1) is 5.92 Å². The van der Waals surface area contributed by atoms with Crippen molar-refractivity contribution in [2.24, 2.45) is 5.92 Å². The number of pyridine rings is 2. The number of fused-ring (bicyclic) bond motifs is 1. The zero-order chi connectivity index (χ0) is 20.8. The standard InChI is InChI=1S/C22H29N3O4/c1-3-29-19(26)7-5-13-25-20-16(6-4-12-23-20)14-18(22(25)28)21(27)24-17-10-8-15(2)9-11-17/h4,6,12,14-15,17H,3,5,7-11,13H2,1-2H3,(H,24,27). The maximum atomic E-state index is 13.1. The van der Waals surface area contributed by atoms with Crippen molar-refractivity contribution in [3.05, 3.63) is 40.3 Å². The molecule has 3 rings (SSSR count). The van der Waals surface area contributed by atoms with Gasteiger partial charge < -0.3 is 10.1 Å². The van der Waals surface area contributed by atoms with E-state index in [2.05, 4.69) is 17.2 Å². The Bertz CT molecular complexity index is 929. The molecule has 0 spiro atoms. The lowest BCUT2D eigenvalue weighted by Gasteiger charge is -2.26. The van der Waals surface area contributed by atoms with Crippen molar-refractivity contribution in [1.82, 2.24) is 14.9 Å². The van der Waals surface area contributed by atoms with Gasteiger partial charge in [-0.05, 0) is 63.1 Å². The fourth-order valence-electron chi connectivity index (χ4n) is 3.86. The first-order chi connectivity index (χ1) is 14.0. The topological polar surface area (TPSA) is 90.3 Å². The number of amides is 1. The molecular formula is C22H29N3O4. The number of aryl methyl sites for hydroxylation is 1. The Morgan fingerprint density at radius 2 is 2.03 bits per heavy atom. The van der Waals surface area contributed by atoms with Crippen molar-refractivity contribution in [1.29, 1.82) is 0 Å². The van der Waals surface area contributed by atoms with Crippen molar-refractivity contribution in [2.45, 2.75) is 65.0 Å². The highest BCUT2D eigenvalue weighted by Gasteiger charge is 2.23. The lowest BCUT2D eigenvalue weighted by atomic mass is 9.87. The molecule has 7 nitrogen and oxygen atoms in total. The molecule has 2 aromatic heterocycles. The second kappa shape index (κ2) is 9.67. The van der Waals surface area contributed by atoms with Crippen molar-refractivity contribution >= 4 is 22.9 Å². The minimum absolute atomic E-state index is 0.111. The van der Waals surface area contributed by atoms with Gasteiger partial charge in [-0.1, -0.05) is 6.92 Å². The first kappa shape index (κ1) is 21.0. The largest absolute Gasteiger partial charge is 0.466 e. The third-order valence-electron chi connectivity index (χ3n) is 5.51. The molecule has 1 fully saturated rings. The Kier molecular flexibility index (Phi) is 7.01. The fraction of sp³-hybridized carbons (Fsp3) is 0.545. The van der Waals surface area contributed by atoms with Gasteiger partial charge in [0.05, 0.1) is 6.61 Å². The zero-order valence-electron chi connectivity index (χ0n) is 17.1. The van der Waals surface area contributed by atoms with E-state index in [4.69, 9.17) is 4.74 Å². The summed E-state index contributed by atoms with van der Waals surface area (Å²) in [5.74, 6) is 0.0595. The van der Waals surface area contributed by atoms with Crippen LogP contribution in [0.25, 0.3) is 11.0 Å². The highest BCUT2D eigenvalue weighted by molar-refractivity contribution is 5.97. The number of carbonyl (C=O) groups is 2. The predicted molar refractivity (Wildman–Crippen MR) is 111 cm³/mol. The van der Waals surface area contributed by atoms with Crippen LogP contribution in [0.4, 0.5) is 0 Å². The number of hydrogen-bond donors (Lipinski definition) is 1. The van der Waals surface area contributed by atoms with E-state index in [1.807, 2.05) is 6.07 Å². The lowest BCUT2D eigenvalue weighted by molar-refractivity contribution is -0.143. The number of ether oxygens (including phenoxy) is 1. The summed E-state index contributed by atoms with van der Waals surface area (Å²) in [5.41, 5.74) is 0.270. The molecule has 0 bridgehead atoms. The van der Waals surface area contributed by atoms with Gasteiger partial charge in [-0.2, -0.15) is 0 Å². The monoisotopic (exact) mass is 399 g/mol. The molecule has 0 radical (unpaired) electrons. The number of aromatic nitrogens is 2. The maximum absolute atomic E-state index is 13.1. The number of hydrogen-bond acceptors (Lipinski definition) is 5. The average Bonchev–Trinajstić information content (AvgIpc) is 2.71. The Hall–Kier alpha value is -2.70. The summed E-state index contributed by atoms with van der Waals surface area (Å²) >= 11 is 0. The van der Waals surface area contributed by atoms with Gasteiger partial charge in [0, 0.05) is 30.6 Å². The number of carbonyl (C=O) groups excluding carboxylic acids is 2. The van der Waals surface area contributed by atoms with E-state index < -0.39 is 0 Å². The summed E-state index contributed by atoms with van der Waals surface area (Å²) in [5, 5.41) is 3.76. The van der Waals surface area contributed by atoms with Gasteiger partial charge in [-0.3, -0.25) is 19.0 Å². The van der Waals surface area contributed by atoms with E-state index in [0.717, 1.165) is 31.1 Å². The Morgan fingerprint density at radius 1 is 1.28 bits per heavy atom. The van der Waals surface area contributed by atoms with Gasteiger partial charge in [-0.15, -0.1) is 0 Å². The summed E-state index contributed by atoms with van der Waals surface area (Å²) in [7, 11) is 0. The van der Waals surface area contributed by atoms with Crippen LogP contribution >= 0.6 is 0 Å². The SMILES string of the molecule is CCOC(=O)CCCn1c(=O)c(C(=O)NC2CCC(C)CC2)cc2cccnc21. The summed E-state index contributed by atoms with van der Waals surface area (Å²) in [6, 6.07) is 5.34. The third-order valence-corrected chi connectivity index (χ3v) is 5.51. The number of nitrogens with one attached hydrogen (secondary N) is 1. The molecule has 1 N–H and O–H groups in total. The number of rotatable bonds is 7. The van der Waals surface area contributed by atoms with Gasteiger partial charge in [0.2, 0.25) is 0 Å². The van der Waals surface area contributed by atoms with Crippen LogP contribution in [0.5, 0.6) is 0 Å². The summed E-state index contributed by atoms with van der Waals surface area (Å²) in [4.78, 5) is 41.9. The van der Waals surface area contributed by atoms with Crippen molar-refractivity contribution in [3.8, 4) is 0 Å². The lowest BCUT2D eigenvalue weighted by Crippen LogP contribution is -2.40. The van der Waals surface area contributed by atoms with Gasteiger partial charge in [0.1, 0.15) is 11.2 Å². The molecule has 29 heavy (non-hydrogen) atoms. The van der Waals surface area contributed by atoms with E-state index in [0.29, 0.717) is 31.1 Å². The molecule has 0 aromatic carbocycles. The molecule has 0 aliphatic heterocycles. The molecule has 1 amide bonds. The summed E-state index contributed by atoms with van der Waals surface area (Å²) in [6.07, 6.45) is 6.33. The van der Waals surface area contributed by atoms with Crippen LogP contribution < -0.4 is 10.9 Å². The Morgan fingerprint density at radius 3 is 2.76 bits per heavy atom. The molecule has 0 unspecified atom stereocenters. The minimum atomic E-state index is -0.373. The highest BCUT2D eigenvalue weighted by atomic mass is 16.5. The van der Waals surface area contributed by atoms with Crippen molar-refractivity contribution < 1.29 is 14.3 Å². The van der Waals surface area contributed by atoms with E-state index in [1.54, 1.807) is 25.3 Å². The molecular weight excluding hydrogens is 370 g/mol. The molecule has 0 atom stereocenters. The molecule has 1 aliphatic rings. The number of esters is 1. The second-order valence-corrected chi connectivity index (χ2v) is 7.77. The molecule has 2 heterocycles. The van der Waals surface area contributed by atoms with Gasteiger partial charge in [0.15, 0.2) is 0 Å². The molecule has 2 aromatic rings. The zero-order valence-corrected chi connectivity index (χ0v) is 17.1. The molecule has 1 aliphatic carbocycles. The fourth-order valence-corrected chi connectivity index (χ4v) is 3.86. The van der Waals surface area contributed by atoms with Gasteiger partial charge >= 0.3 is 5.97 Å². The normalized spacial score (nSPS) is 19.1. The van der Waals surface area contributed by atoms with Crippen LogP contribution in [0.15, 0.2) is 29.2 Å². The van der Waals surface area contributed by atoms with E-state index >= 15 is 0 Å². The van der Waals surface area contributed by atoms with Crippen LogP contribution in [-0.4, -0.2) is 34.1 Å². The smallest absolute Gasteiger partial charge is 0.305 e. The molecule has 7 heteroatoms. The highest BCUT2D eigenvalue weighted by Crippen LogP contribution is 2.23. The maximum Gasteiger partial charge on any atom is 0.305 e. The van der Waals surface area contributed by atoms with E-state index in [1.165, 1.54) is 4.57 Å². The van der Waals surface area contributed by atoms with E-state index in [9.17, 15) is 14.4 Å². The van der Waals surface area contributed by atoms with E-state index in [-0.39, 0.29) is 35.5 Å². The van der Waals surface area contributed by atoms with Gasteiger partial charge in [0.25, 0.3) is 11.5 Å². The van der Waals surface area contributed by atoms with Crippen LogP contribution in [-0.2, 0) is 16.1 Å². The van der Waals surface area contributed by atoms with Gasteiger partial charge in [-0.25, -0.2) is 4.98 Å². The first-order valence-electron chi connectivity index (χ1n) is 10.4. The van der Waals surface area contributed by atoms with Crippen molar-refractivity contribution in [2.75, 3.05) is 6.61 Å². The Balaban J connectivity index is 1.82. The van der Waals surface area contributed by atoms with Crippen LogP contribution in [0.2, 0.25) is 0 Å². The summed E-state index contributed by atoms with van der Waals surface area (Å²) < 4.78 is 6.44. The first-order valence-corrected chi connectivity index (χ1v) is 10.4. The quantitative estimate of drug-likeness (QED) is 0.723. The predicted octanol–water partition coefficient (Wildman–Crippen LogP) is 3.05. The average molecular weight is 399 g/mol. The van der Waals surface area contributed by atoms with Crippen LogP contribution in [0.3, 0.4) is 0 Å². The minimum Gasteiger partial charge on any atom is -0.466 e. The molecule has 156 valence electrons. The molecule has 0 saturated heterocycles. The van der Waals surface area contributed by atoms with Crippen LogP contribution in [0.1, 0.15) is 62.7 Å². The number of nitrogens with zero attached hydrogens (tertiary/aromatic N) is 2.